The highest BCUT2D eigenvalue weighted by Crippen LogP contribution is 1.88. The van der Waals surface area contributed by atoms with Crippen molar-refractivity contribution in [1.29, 1.82) is 0 Å². The lowest BCUT2D eigenvalue weighted by Crippen LogP contribution is -3.00. The molecule has 0 spiro atoms. The van der Waals surface area contributed by atoms with Gasteiger partial charge < -0.3 is 17.1 Å². The van der Waals surface area contributed by atoms with Gasteiger partial charge in [-0.2, -0.15) is 0 Å². The Bertz CT molecular complexity index is 213. The van der Waals surface area contributed by atoms with Crippen molar-refractivity contribution in [3.63, 3.8) is 0 Å². The van der Waals surface area contributed by atoms with Crippen molar-refractivity contribution in [2.24, 2.45) is 7.05 Å². The van der Waals surface area contributed by atoms with Gasteiger partial charge in [0, 0.05) is 20.1 Å². The van der Waals surface area contributed by atoms with Gasteiger partial charge in [-0.3, -0.25) is 0 Å². The van der Waals surface area contributed by atoms with Crippen molar-refractivity contribution in [1.82, 2.24) is 4.57 Å². The number of imidazole rings is 1. The van der Waals surface area contributed by atoms with Gasteiger partial charge in [0.2, 0.25) is 6.33 Å². The average Bonchev–Trinajstić information content (AvgIpc) is 2.37. The normalized spacial score (nSPS) is 9.50. The first-order valence-electron chi connectivity index (χ1n) is 3.83. The molecule has 1 rings (SSSR count). The fourth-order valence-corrected chi connectivity index (χ4v) is 1.03. The van der Waals surface area contributed by atoms with Crippen molar-refractivity contribution in [3.05, 3.63) is 18.7 Å². The van der Waals surface area contributed by atoms with Crippen LogP contribution in [0.2, 0.25) is 0 Å². The van der Waals surface area contributed by atoms with Crippen molar-refractivity contribution >= 4 is 0 Å². The number of ether oxygens (including phenoxy) is 1. The van der Waals surface area contributed by atoms with Crippen LogP contribution in [0.3, 0.4) is 0 Å². The maximum atomic E-state index is 4.95. The first kappa shape index (κ1) is 11.5. The third kappa shape index (κ3) is 3.74. The number of methoxy groups -OCH3 is 1. The van der Waals surface area contributed by atoms with Gasteiger partial charge in [-0.05, 0) is 0 Å². The number of rotatable bonds is 4. The Hall–Kier alpha value is -0.540. The molecule has 0 atom stereocenters. The summed E-state index contributed by atoms with van der Waals surface area (Å²) >= 11 is 0. The van der Waals surface area contributed by atoms with Crippen molar-refractivity contribution in [2.75, 3.05) is 13.7 Å². The molecule has 4 heteroatoms. The van der Waals surface area contributed by atoms with Crippen LogP contribution in [0.5, 0.6) is 0 Å². The molecule has 0 unspecified atom stereocenters. The number of hydrogen-bond acceptors (Lipinski definition) is 1. The van der Waals surface area contributed by atoms with Gasteiger partial charge in [0.15, 0.2) is 0 Å². The van der Waals surface area contributed by atoms with E-state index in [2.05, 4.69) is 17.1 Å². The monoisotopic (exact) mass is 190 g/mol. The molecular weight excluding hydrogens is 176 g/mol. The average molecular weight is 191 g/mol. The second-order valence-electron chi connectivity index (χ2n) is 2.66. The second kappa shape index (κ2) is 6.03. The highest BCUT2D eigenvalue weighted by atomic mass is 35.5. The lowest BCUT2D eigenvalue weighted by atomic mass is 10.4. The minimum Gasteiger partial charge on any atom is -1.00 e. The van der Waals surface area contributed by atoms with E-state index in [4.69, 9.17) is 4.74 Å². The third-order valence-corrected chi connectivity index (χ3v) is 1.59. The van der Waals surface area contributed by atoms with E-state index < -0.39 is 0 Å². The zero-order valence-electron chi connectivity index (χ0n) is 7.53. The standard InChI is InChI=1S/C8H15N2O.ClH/c1-9-5-6-10(8-9)4-3-7-11-2;/h5-6,8H,3-4,7H2,1-2H3;1H/q+1;/p-1. The highest BCUT2D eigenvalue weighted by molar-refractivity contribution is 4.65. The number of aryl methyl sites for hydroxylation is 2. The predicted molar refractivity (Wildman–Crippen MR) is 42.1 cm³/mol. The molecule has 0 aliphatic carbocycles. The summed E-state index contributed by atoms with van der Waals surface area (Å²) in [6.45, 7) is 1.87. The SMILES string of the molecule is COCCCn1cc[n+](C)c1.[Cl-]. The number of hydrogen-bond donors (Lipinski definition) is 0. The van der Waals surface area contributed by atoms with E-state index in [0.717, 1.165) is 19.6 Å². The van der Waals surface area contributed by atoms with Crippen LogP contribution in [0, 0.1) is 0 Å². The van der Waals surface area contributed by atoms with Gasteiger partial charge in [-0.15, -0.1) is 0 Å². The Morgan fingerprint density at radius 2 is 2.25 bits per heavy atom. The lowest BCUT2D eigenvalue weighted by Gasteiger charge is -1.94. The summed E-state index contributed by atoms with van der Waals surface area (Å²) in [6.07, 6.45) is 7.24. The number of halogens is 1. The molecule has 0 N–H and O–H groups in total. The molecule has 0 aliphatic heterocycles. The van der Waals surface area contributed by atoms with Crippen LogP contribution in [0.25, 0.3) is 0 Å². The molecule has 0 fully saturated rings. The molecule has 1 heterocycles. The molecule has 12 heavy (non-hydrogen) atoms. The van der Waals surface area contributed by atoms with Crippen LogP contribution in [0.1, 0.15) is 6.42 Å². The molecule has 0 bridgehead atoms. The van der Waals surface area contributed by atoms with Gasteiger partial charge in [0.1, 0.15) is 12.4 Å². The molecule has 0 aliphatic rings. The van der Waals surface area contributed by atoms with Crippen LogP contribution in [0.15, 0.2) is 18.7 Å². The number of nitrogens with zero attached hydrogens (tertiary/aromatic N) is 2. The molecule has 0 aromatic carbocycles. The molecule has 1 aromatic rings. The Kier molecular flexibility index (Phi) is 5.76. The van der Waals surface area contributed by atoms with Crippen LogP contribution >= 0.6 is 0 Å². The maximum absolute atomic E-state index is 4.95. The maximum Gasteiger partial charge on any atom is 0.243 e. The Morgan fingerprint density at radius 1 is 1.50 bits per heavy atom. The fourth-order valence-electron chi connectivity index (χ4n) is 1.03. The number of aromatic nitrogens is 2. The molecule has 70 valence electrons. The van der Waals surface area contributed by atoms with Gasteiger partial charge >= 0.3 is 0 Å². The van der Waals surface area contributed by atoms with E-state index in [1.165, 1.54) is 0 Å². The summed E-state index contributed by atoms with van der Waals surface area (Å²) in [5, 5.41) is 0. The minimum atomic E-state index is 0. The summed E-state index contributed by atoms with van der Waals surface area (Å²) in [4.78, 5) is 0. The molecule has 0 amide bonds. The van der Waals surface area contributed by atoms with Crippen LogP contribution in [0.4, 0.5) is 0 Å². The molecule has 0 saturated carbocycles. The van der Waals surface area contributed by atoms with Crippen molar-refractivity contribution in [3.8, 4) is 0 Å². The third-order valence-electron chi connectivity index (χ3n) is 1.59. The first-order valence-corrected chi connectivity index (χ1v) is 3.83. The Labute approximate surface area is 79.4 Å². The van der Waals surface area contributed by atoms with Gasteiger partial charge in [-0.25, -0.2) is 9.13 Å². The van der Waals surface area contributed by atoms with Crippen molar-refractivity contribution < 1.29 is 21.7 Å². The van der Waals surface area contributed by atoms with Gasteiger partial charge in [0.25, 0.3) is 0 Å². The molecular formula is C8H15ClN2O. The Morgan fingerprint density at radius 3 is 2.75 bits per heavy atom. The quantitative estimate of drug-likeness (QED) is 0.375. The van der Waals surface area contributed by atoms with Crippen LogP contribution < -0.4 is 17.0 Å². The van der Waals surface area contributed by atoms with Gasteiger partial charge in [0.05, 0.1) is 13.6 Å². The van der Waals surface area contributed by atoms with Gasteiger partial charge in [-0.1, -0.05) is 0 Å². The zero-order chi connectivity index (χ0) is 8.10. The summed E-state index contributed by atoms with van der Waals surface area (Å²) in [5.74, 6) is 0. The van der Waals surface area contributed by atoms with E-state index in [1.54, 1.807) is 7.11 Å². The van der Waals surface area contributed by atoms with E-state index in [9.17, 15) is 0 Å². The fraction of sp³-hybridized carbons (Fsp3) is 0.625. The minimum absolute atomic E-state index is 0. The van der Waals surface area contributed by atoms with E-state index in [0.29, 0.717) is 0 Å². The summed E-state index contributed by atoms with van der Waals surface area (Å²) in [5.41, 5.74) is 0. The highest BCUT2D eigenvalue weighted by Gasteiger charge is 1.97. The summed E-state index contributed by atoms with van der Waals surface area (Å²) in [6, 6.07) is 0. The Balaban J connectivity index is 0.00000121. The smallest absolute Gasteiger partial charge is 0.243 e. The largest absolute Gasteiger partial charge is 1.00 e. The van der Waals surface area contributed by atoms with Crippen molar-refractivity contribution in [2.45, 2.75) is 13.0 Å². The molecule has 1 aromatic heterocycles. The van der Waals surface area contributed by atoms with E-state index >= 15 is 0 Å². The van der Waals surface area contributed by atoms with Crippen LogP contribution in [-0.2, 0) is 18.3 Å². The summed E-state index contributed by atoms with van der Waals surface area (Å²) in [7, 11) is 3.75. The molecule has 0 radical (unpaired) electrons. The van der Waals surface area contributed by atoms with Crippen LogP contribution in [-0.4, -0.2) is 18.3 Å². The topological polar surface area (TPSA) is 18.0 Å². The lowest BCUT2D eigenvalue weighted by molar-refractivity contribution is -0.671. The summed E-state index contributed by atoms with van der Waals surface area (Å²) < 4.78 is 9.14. The molecule has 0 saturated heterocycles. The zero-order valence-corrected chi connectivity index (χ0v) is 8.29. The first-order chi connectivity index (χ1) is 5.33. The van der Waals surface area contributed by atoms with E-state index in [1.807, 2.05) is 17.8 Å². The second-order valence-corrected chi connectivity index (χ2v) is 2.66. The molecule has 3 nitrogen and oxygen atoms in total. The predicted octanol–water partition coefficient (Wildman–Crippen LogP) is -2.65. The van der Waals surface area contributed by atoms with E-state index in [-0.39, 0.29) is 12.4 Å².